The quantitative estimate of drug-likeness (QED) is 0.452. The van der Waals surface area contributed by atoms with E-state index in [1.165, 1.54) is 13.3 Å². The fraction of sp³-hybridized carbons (Fsp3) is 0.150. The van der Waals surface area contributed by atoms with Crippen LogP contribution in [-0.2, 0) is 16.1 Å². The summed E-state index contributed by atoms with van der Waals surface area (Å²) < 4.78 is 4.64. The van der Waals surface area contributed by atoms with Gasteiger partial charge in [0.05, 0.1) is 12.7 Å². The van der Waals surface area contributed by atoms with Crippen molar-refractivity contribution in [2.24, 2.45) is 0 Å². The first-order valence-electron chi connectivity index (χ1n) is 8.03. The summed E-state index contributed by atoms with van der Waals surface area (Å²) in [6.45, 7) is 2.17. The standard InChI is InChI=1S/C20H18ClN3O3/c1-13-17(21)4-3-5-18(13)24-19(25)16(10-22)12-23-11-14-6-8-15(9-7-14)20(26)27-2/h3-9,12,23H,11H2,1-2H3,(H,24,25)/b16-12-. The zero-order valence-electron chi connectivity index (χ0n) is 14.9. The van der Waals surface area contributed by atoms with Gasteiger partial charge in [-0.3, -0.25) is 4.79 Å². The van der Waals surface area contributed by atoms with Gasteiger partial charge < -0.3 is 15.4 Å². The Balaban J connectivity index is 1.99. The van der Waals surface area contributed by atoms with Gasteiger partial charge >= 0.3 is 5.97 Å². The van der Waals surface area contributed by atoms with Crippen molar-refractivity contribution < 1.29 is 14.3 Å². The van der Waals surface area contributed by atoms with Crippen LogP contribution in [0.15, 0.2) is 54.2 Å². The number of anilines is 1. The fourth-order valence-corrected chi connectivity index (χ4v) is 2.40. The number of methoxy groups -OCH3 is 1. The third-order valence-electron chi connectivity index (χ3n) is 3.81. The van der Waals surface area contributed by atoms with Crippen molar-refractivity contribution >= 4 is 29.2 Å². The molecule has 0 radical (unpaired) electrons. The van der Waals surface area contributed by atoms with Gasteiger partial charge in [0, 0.05) is 23.5 Å². The van der Waals surface area contributed by atoms with Gasteiger partial charge in [-0.05, 0) is 42.3 Å². The lowest BCUT2D eigenvalue weighted by Crippen LogP contribution is -2.17. The summed E-state index contributed by atoms with van der Waals surface area (Å²) in [7, 11) is 1.32. The Hall–Kier alpha value is -3.30. The molecule has 0 heterocycles. The minimum absolute atomic E-state index is 0.0689. The zero-order chi connectivity index (χ0) is 19.8. The van der Waals surface area contributed by atoms with Crippen LogP contribution in [0.2, 0.25) is 5.02 Å². The Labute approximate surface area is 162 Å². The normalized spacial score (nSPS) is 10.7. The predicted octanol–water partition coefficient (Wildman–Crippen LogP) is 3.57. The minimum atomic E-state index is -0.531. The number of rotatable bonds is 6. The van der Waals surface area contributed by atoms with E-state index >= 15 is 0 Å². The number of esters is 1. The lowest BCUT2D eigenvalue weighted by atomic mass is 10.1. The van der Waals surface area contributed by atoms with Crippen LogP contribution in [-0.4, -0.2) is 19.0 Å². The molecule has 0 aromatic heterocycles. The van der Waals surface area contributed by atoms with Crippen LogP contribution in [0.4, 0.5) is 5.69 Å². The van der Waals surface area contributed by atoms with E-state index in [1.54, 1.807) is 49.4 Å². The molecular formula is C20H18ClN3O3. The second-order valence-electron chi connectivity index (χ2n) is 5.61. The summed E-state index contributed by atoms with van der Waals surface area (Å²) in [5.74, 6) is -0.939. The maximum atomic E-state index is 12.3. The molecule has 0 saturated carbocycles. The third-order valence-corrected chi connectivity index (χ3v) is 4.22. The third kappa shape index (κ3) is 5.33. The van der Waals surface area contributed by atoms with Crippen LogP contribution in [0.3, 0.4) is 0 Å². The van der Waals surface area contributed by atoms with Gasteiger partial charge in [0.25, 0.3) is 5.91 Å². The number of nitriles is 1. The number of benzene rings is 2. The molecule has 1 amide bonds. The molecule has 0 saturated heterocycles. The van der Waals surface area contributed by atoms with E-state index in [0.717, 1.165) is 11.1 Å². The van der Waals surface area contributed by atoms with Crippen molar-refractivity contribution in [3.63, 3.8) is 0 Å². The Bertz CT molecular complexity index is 915. The zero-order valence-corrected chi connectivity index (χ0v) is 15.6. The topological polar surface area (TPSA) is 91.2 Å². The van der Waals surface area contributed by atoms with Crippen LogP contribution in [0.5, 0.6) is 0 Å². The van der Waals surface area contributed by atoms with Crippen LogP contribution < -0.4 is 10.6 Å². The summed E-state index contributed by atoms with van der Waals surface area (Å²) in [6, 6.07) is 13.8. The summed E-state index contributed by atoms with van der Waals surface area (Å²) >= 11 is 6.03. The van der Waals surface area contributed by atoms with Gasteiger partial charge in [0.1, 0.15) is 11.6 Å². The molecule has 27 heavy (non-hydrogen) atoms. The van der Waals surface area contributed by atoms with Crippen molar-refractivity contribution in [2.45, 2.75) is 13.5 Å². The van der Waals surface area contributed by atoms with E-state index in [9.17, 15) is 14.9 Å². The molecular weight excluding hydrogens is 366 g/mol. The van der Waals surface area contributed by atoms with E-state index in [4.69, 9.17) is 11.6 Å². The highest BCUT2D eigenvalue weighted by atomic mass is 35.5. The Morgan fingerprint density at radius 1 is 1.22 bits per heavy atom. The van der Waals surface area contributed by atoms with Gasteiger partial charge in [-0.25, -0.2) is 4.79 Å². The molecule has 2 aromatic rings. The number of nitrogens with zero attached hydrogens (tertiary/aromatic N) is 1. The van der Waals surface area contributed by atoms with E-state index in [-0.39, 0.29) is 5.57 Å². The molecule has 0 spiro atoms. The smallest absolute Gasteiger partial charge is 0.337 e. The molecule has 2 rings (SSSR count). The number of hydrogen-bond donors (Lipinski definition) is 2. The largest absolute Gasteiger partial charge is 0.465 e. The van der Waals surface area contributed by atoms with Crippen molar-refractivity contribution in [1.29, 1.82) is 5.26 Å². The summed E-state index contributed by atoms with van der Waals surface area (Å²) in [4.78, 5) is 23.7. The Kier molecular flexibility index (Phi) is 6.98. The molecule has 0 unspecified atom stereocenters. The van der Waals surface area contributed by atoms with Crippen molar-refractivity contribution in [2.75, 3.05) is 12.4 Å². The van der Waals surface area contributed by atoms with Gasteiger partial charge in [-0.15, -0.1) is 0 Å². The molecule has 0 aliphatic heterocycles. The van der Waals surface area contributed by atoms with E-state index in [1.807, 2.05) is 6.07 Å². The van der Waals surface area contributed by atoms with Crippen LogP contribution >= 0.6 is 11.6 Å². The second kappa shape index (κ2) is 9.41. The average molecular weight is 384 g/mol. The van der Waals surface area contributed by atoms with E-state index in [0.29, 0.717) is 22.8 Å². The number of amides is 1. The number of hydrogen-bond acceptors (Lipinski definition) is 5. The second-order valence-corrected chi connectivity index (χ2v) is 6.01. The molecule has 0 bridgehead atoms. The summed E-state index contributed by atoms with van der Waals surface area (Å²) in [6.07, 6.45) is 1.35. The highest BCUT2D eigenvalue weighted by Gasteiger charge is 2.11. The molecule has 2 N–H and O–H groups in total. The summed E-state index contributed by atoms with van der Waals surface area (Å²) in [5.41, 5.74) is 2.53. The molecule has 6 nitrogen and oxygen atoms in total. The van der Waals surface area contributed by atoms with Gasteiger partial charge in [0.2, 0.25) is 0 Å². The molecule has 7 heteroatoms. The van der Waals surface area contributed by atoms with Crippen molar-refractivity contribution in [3.8, 4) is 6.07 Å². The predicted molar refractivity (Wildman–Crippen MR) is 103 cm³/mol. The molecule has 0 aliphatic carbocycles. The molecule has 0 aliphatic rings. The average Bonchev–Trinajstić information content (AvgIpc) is 2.68. The minimum Gasteiger partial charge on any atom is -0.465 e. The number of carbonyl (C=O) groups excluding carboxylic acids is 2. The highest BCUT2D eigenvalue weighted by Crippen LogP contribution is 2.23. The lowest BCUT2D eigenvalue weighted by molar-refractivity contribution is -0.112. The lowest BCUT2D eigenvalue weighted by Gasteiger charge is -2.09. The van der Waals surface area contributed by atoms with Gasteiger partial charge in [-0.1, -0.05) is 29.8 Å². The monoisotopic (exact) mass is 383 g/mol. The number of ether oxygens (including phenoxy) is 1. The number of nitrogens with one attached hydrogen (secondary N) is 2. The Morgan fingerprint density at radius 2 is 1.93 bits per heavy atom. The van der Waals surface area contributed by atoms with Crippen LogP contribution in [0.25, 0.3) is 0 Å². The molecule has 138 valence electrons. The SMILES string of the molecule is COC(=O)c1ccc(CN/C=C(/C#N)C(=O)Nc2cccc(Cl)c2C)cc1. The summed E-state index contributed by atoms with van der Waals surface area (Å²) in [5, 5.41) is 15.3. The maximum absolute atomic E-state index is 12.3. The fourth-order valence-electron chi connectivity index (χ4n) is 2.23. The number of halogens is 1. The van der Waals surface area contributed by atoms with Crippen LogP contribution in [0, 0.1) is 18.3 Å². The van der Waals surface area contributed by atoms with Crippen LogP contribution in [0.1, 0.15) is 21.5 Å². The first kappa shape index (κ1) is 20.0. The molecule has 0 atom stereocenters. The first-order chi connectivity index (χ1) is 13.0. The maximum Gasteiger partial charge on any atom is 0.337 e. The van der Waals surface area contributed by atoms with E-state index in [2.05, 4.69) is 15.4 Å². The Morgan fingerprint density at radius 3 is 2.56 bits per heavy atom. The van der Waals surface area contributed by atoms with Crippen molar-refractivity contribution in [1.82, 2.24) is 5.32 Å². The van der Waals surface area contributed by atoms with Gasteiger partial charge in [-0.2, -0.15) is 5.26 Å². The van der Waals surface area contributed by atoms with E-state index < -0.39 is 11.9 Å². The molecule has 2 aromatic carbocycles. The molecule has 0 fully saturated rings. The number of carbonyl (C=O) groups is 2. The highest BCUT2D eigenvalue weighted by molar-refractivity contribution is 6.31. The van der Waals surface area contributed by atoms with Gasteiger partial charge in [0.15, 0.2) is 0 Å². The van der Waals surface area contributed by atoms with Crippen molar-refractivity contribution in [3.05, 3.63) is 76.0 Å². The first-order valence-corrected chi connectivity index (χ1v) is 8.41.